The van der Waals surface area contributed by atoms with Crippen molar-refractivity contribution in [2.45, 2.75) is 111 Å². The van der Waals surface area contributed by atoms with Gasteiger partial charge in [-0.25, -0.2) is 0 Å². The summed E-state index contributed by atoms with van der Waals surface area (Å²) in [4.78, 5) is 2.29. The van der Waals surface area contributed by atoms with Gasteiger partial charge in [0.2, 0.25) is 0 Å². The molecule has 0 rings (SSSR count). The first kappa shape index (κ1) is 23.2. The van der Waals surface area contributed by atoms with Crippen LogP contribution >= 0.6 is 0 Å². The van der Waals surface area contributed by atoms with Gasteiger partial charge in [-0.15, -0.1) is 0 Å². The molecular formula is C20H45N. The maximum absolute atomic E-state index is 2.29. The molecule has 1 nitrogen and oxygen atoms in total. The number of nitrogens with zero attached hydrogens (tertiary/aromatic N) is 1. The summed E-state index contributed by atoms with van der Waals surface area (Å²) in [6, 6.07) is 0. The van der Waals surface area contributed by atoms with Crippen LogP contribution < -0.4 is 0 Å². The van der Waals surface area contributed by atoms with E-state index in [1.54, 1.807) is 0 Å². The van der Waals surface area contributed by atoms with Gasteiger partial charge < -0.3 is 4.90 Å². The predicted molar refractivity (Wildman–Crippen MR) is 100 cm³/mol. The summed E-state index contributed by atoms with van der Waals surface area (Å²) < 4.78 is 0. The second kappa shape index (κ2) is 22.2. The molecule has 0 unspecified atom stereocenters. The Labute approximate surface area is 136 Å². The molecule has 0 radical (unpaired) electrons. The Morgan fingerprint density at radius 3 is 1.05 bits per heavy atom. The van der Waals surface area contributed by atoms with Gasteiger partial charge in [0, 0.05) is 0 Å². The minimum Gasteiger partial charge on any atom is -0.309 e. The largest absolute Gasteiger partial charge is 0.309 e. The van der Waals surface area contributed by atoms with Gasteiger partial charge in [0.05, 0.1) is 0 Å². The second-order valence-corrected chi connectivity index (χ2v) is 6.75. The molecule has 0 aromatic heterocycles. The number of rotatable bonds is 14. The van der Waals surface area contributed by atoms with E-state index in [2.05, 4.69) is 39.8 Å². The lowest BCUT2D eigenvalue weighted by molar-refractivity contribution is 0.389. The lowest BCUT2D eigenvalue weighted by Gasteiger charge is -2.08. The topological polar surface area (TPSA) is 3.24 Å². The molecule has 0 bridgehead atoms. The Morgan fingerprint density at radius 1 is 0.476 bits per heavy atom. The first-order valence-electron chi connectivity index (χ1n) is 9.83. The van der Waals surface area contributed by atoms with Gasteiger partial charge >= 0.3 is 0 Å². The van der Waals surface area contributed by atoms with Crippen LogP contribution in [0.15, 0.2) is 0 Å². The molecule has 0 saturated heterocycles. The van der Waals surface area contributed by atoms with Crippen LogP contribution in [0, 0.1) is 0 Å². The van der Waals surface area contributed by atoms with E-state index in [0.29, 0.717) is 0 Å². The maximum atomic E-state index is 2.29. The van der Waals surface area contributed by atoms with Crippen LogP contribution in [-0.4, -0.2) is 25.5 Å². The molecular weight excluding hydrogens is 254 g/mol. The molecule has 0 heterocycles. The van der Waals surface area contributed by atoms with Crippen LogP contribution in [0.1, 0.15) is 111 Å². The molecule has 0 fully saturated rings. The average molecular weight is 300 g/mol. The van der Waals surface area contributed by atoms with E-state index in [9.17, 15) is 0 Å². The molecule has 0 atom stereocenters. The van der Waals surface area contributed by atoms with E-state index in [1.165, 1.54) is 96.4 Å². The highest BCUT2D eigenvalue weighted by atomic mass is 15.0. The van der Waals surface area contributed by atoms with Crippen molar-refractivity contribution in [1.82, 2.24) is 4.90 Å². The zero-order valence-corrected chi connectivity index (χ0v) is 16.1. The molecule has 0 aliphatic carbocycles. The van der Waals surface area contributed by atoms with E-state index in [-0.39, 0.29) is 0 Å². The summed E-state index contributed by atoms with van der Waals surface area (Å²) >= 11 is 0. The SMILES string of the molecule is CCC.CCCCCCCCCCCCCCCN(C)C. The van der Waals surface area contributed by atoms with Gasteiger partial charge in [0.25, 0.3) is 0 Å². The molecule has 0 spiro atoms. The number of hydrogen-bond donors (Lipinski definition) is 0. The second-order valence-electron chi connectivity index (χ2n) is 6.75. The van der Waals surface area contributed by atoms with E-state index in [0.717, 1.165) is 0 Å². The Bertz CT molecular complexity index is 154. The highest BCUT2D eigenvalue weighted by Crippen LogP contribution is 2.12. The van der Waals surface area contributed by atoms with Crippen molar-refractivity contribution in [3.63, 3.8) is 0 Å². The van der Waals surface area contributed by atoms with Crippen molar-refractivity contribution in [3.8, 4) is 0 Å². The Kier molecular flexibility index (Phi) is 24.6. The Hall–Kier alpha value is -0.0400. The molecule has 0 aliphatic rings. The quantitative estimate of drug-likeness (QED) is 0.310. The normalized spacial score (nSPS) is 10.6. The van der Waals surface area contributed by atoms with Crippen molar-refractivity contribution < 1.29 is 0 Å². The highest BCUT2D eigenvalue weighted by Gasteiger charge is 1.94. The highest BCUT2D eigenvalue weighted by molar-refractivity contribution is 4.50. The van der Waals surface area contributed by atoms with E-state index < -0.39 is 0 Å². The fourth-order valence-electron chi connectivity index (χ4n) is 2.45. The van der Waals surface area contributed by atoms with Gasteiger partial charge in [-0.3, -0.25) is 0 Å². The van der Waals surface area contributed by atoms with Crippen LogP contribution in [0.25, 0.3) is 0 Å². The fourth-order valence-corrected chi connectivity index (χ4v) is 2.45. The third-order valence-corrected chi connectivity index (χ3v) is 3.71. The average Bonchev–Trinajstić information content (AvgIpc) is 2.44. The number of hydrogen-bond acceptors (Lipinski definition) is 1. The van der Waals surface area contributed by atoms with Crippen molar-refractivity contribution in [3.05, 3.63) is 0 Å². The predicted octanol–water partition coefficient (Wildman–Crippen LogP) is 7.06. The Morgan fingerprint density at radius 2 is 0.762 bits per heavy atom. The smallest absolute Gasteiger partial charge is 0.00248 e. The summed E-state index contributed by atoms with van der Waals surface area (Å²) in [6.07, 6.45) is 20.1. The first-order chi connectivity index (χ1) is 10.2. The molecule has 130 valence electrons. The van der Waals surface area contributed by atoms with E-state index in [1.807, 2.05) is 0 Å². The Balaban J connectivity index is 0. The van der Waals surface area contributed by atoms with Crippen LogP contribution in [0.2, 0.25) is 0 Å². The van der Waals surface area contributed by atoms with Gasteiger partial charge in [-0.1, -0.05) is 104 Å². The van der Waals surface area contributed by atoms with Crippen LogP contribution in [0.3, 0.4) is 0 Å². The van der Waals surface area contributed by atoms with Gasteiger partial charge in [0.15, 0.2) is 0 Å². The summed E-state index contributed by atoms with van der Waals surface area (Å²) in [5, 5.41) is 0. The zero-order valence-electron chi connectivity index (χ0n) is 16.1. The van der Waals surface area contributed by atoms with E-state index in [4.69, 9.17) is 0 Å². The van der Waals surface area contributed by atoms with Crippen molar-refractivity contribution in [2.75, 3.05) is 20.6 Å². The van der Waals surface area contributed by atoms with Crippen molar-refractivity contribution in [1.29, 1.82) is 0 Å². The molecule has 0 aromatic carbocycles. The molecule has 0 N–H and O–H groups in total. The molecule has 1 heteroatoms. The van der Waals surface area contributed by atoms with Crippen LogP contribution in [0.5, 0.6) is 0 Å². The summed E-state index contributed by atoms with van der Waals surface area (Å²) in [7, 11) is 4.33. The summed E-state index contributed by atoms with van der Waals surface area (Å²) in [5.74, 6) is 0. The molecule has 0 aromatic rings. The lowest BCUT2D eigenvalue weighted by atomic mass is 10.0. The zero-order chi connectivity index (χ0) is 16.2. The minimum absolute atomic E-state index is 1.25. The maximum Gasteiger partial charge on any atom is -0.00248 e. The first-order valence-corrected chi connectivity index (χ1v) is 9.83. The third kappa shape index (κ3) is 28.8. The number of unbranched alkanes of at least 4 members (excludes halogenated alkanes) is 12. The van der Waals surface area contributed by atoms with Crippen molar-refractivity contribution >= 4 is 0 Å². The van der Waals surface area contributed by atoms with Crippen LogP contribution in [-0.2, 0) is 0 Å². The molecule has 0 aliphatic heterocycles. The fraction of sp³-hybridized carbons (Fsp3) is 1.00. The summed E-state index contributed by atoms with van der Waals surface area (Å²) in [6.45, 7) is 7.80. The van der Waals surface area contributed by atoms with Gasteiger partial charge in [0.1, 0.15) is 0 Å². The third-order valence-electron chi connectivity index (χ3n) is 3.71. The monoisotopic (exact) mass is 299 g/mol. The summed E-state index contributed by atoms with van der Waals surface area (Å²) in [5.41, 5.74) is 0. The molecule has 21 heavy (non-hydrogen) atoms. The van der Waals surface area contributed by atoms with Gasteiger partial charge in [-0.2, -0.15) is 0 Å². The van der Waals surface area contributed by atoms with Crippen molar-refractivity contribution in [2.24, 2.45) is 0 Å². The lowest BCUT2D eigenvalue weighted by Crippen LogP contribution is -2.12. The molecule has 0 amide bonds. The van der Waals surface area contributed by atoms with Gasteiger partial charge in [-0.05, 0) is 27.1 Å². The minimum atomic E-state index is 1.25. The van der Waals surface area contributed by atoms with E-state index >= 15 is 0 Å². The standard InChI is InChI=1S/C17H37N.C3H8/c1-4-5-6-7-8-9-10-11-12-13-14-15-16-17-18(2)3;1-3-2/h4-17H2,1-3H3;3H2,1-2H3. The molecule has 0 saturated carbocycles. The van der Waals surface area contributed by atoms with Crippen LogP contribution in [0.4, 0.5) is 0 Å².